The third-order valence-corrected chi connectivity index (χ3v) is 1.43. The molecule has 0 atom stereocenters. The average Bonchev–Trinajstić information content (AvgIpc) is 2.10. The second-order valence-electron chi connectivity index (χ2n) is 2.59. The zero-order valence-corrected chi connectivity index (χ0v) is 7.55. The summed E-state index contributed by atoms with van der Waals surface area (Å²) in [5.41, 5.74) is 0. The van der Waals surface area contributed by atoms with Crippen molar-refractivity contribution in [2.75, 3.05) is 13.2 Å². The maximum absolute atomic E-state index is 12.6. The monoisotopic (exact) mass is 224 g/mol. The van der Waals surface area contributed by atoms with Gasteiger partial charge in [-0.15, -0.1) is 0 Å². The summed E-state index contributed by atoms with van der Waals surface area (Å²) in [5, 5.41) is 0. The van der Waals surface area contributed by atoms with E-state index in [-0.39, 0.29) is 19.0 Å². The smallest absolute Gasteiger partial charge is 0.345 e. The summed E-state index contributed by atoms with van der Waals surface area (Å²) in [7, 11) is 0. The number of rotatable bonds is 5. The van der Waals surface area contributed by atoms with Crippen LogP contribution >= 0.6 is 0 Å². The summed E-state index contributed by atoms with van der Waals surface area (Å²) < 4.78 is 56.8. The summed E-state index contributed by atoms with van der Waals surface area (Å²) in [4.78, 5) is 0. The molecule has 6 heteroatoms. The van der Waals surface area contributed by atoms with Gasteiger partial charge in [-0.1, -0.05) is 0 Å². The Balaban J connectivity index is 2.37. The molecule has 1 rings (SSSR count). The molecule has 0 bridgehead atoms. The minimum absolute atomic E-state index is 0.0645. The molecule has 0 aliphatic heterocycles. The molecule has 0 N–H and O–H groups in total. The van der Waals surface area contributed by atoms with Crippen LogP contribution in [0.4, 0.5) is 17.6 Å². The first kappa shape index (κ1) is 11.8. The standard InChI is InChI=1S/C9H8F4O2/c10-6-3-7(11)5-8(4-6)14-1-2-15-9(12)13/h3-5,9H,1-2H2. The summed E-state index contributed by atoms with van der Waals surface area (Å²) >= 11 is 0. The van der Waals surface area contributed by atoms with E-state index in [1.54, 1.807) is 0 Å². The second-order valence-corrected chi connectivity index (χ2v) is 2.59. The lowest BCUT2D eigenvalue weighted by Gasteiger charge is -2.06. The number of hydrogen-bond acceptors (Lipinski definition) is 2. The van der Waals surface area contributed by atoms with E-state index >= 15 is 0 Å². The van der Waals surface area contributed by atoms with Crippen molar-refractivity contribution in [3.63, 3.8) is 0 Å². The molecular weight excluding hydrogens is 216 g/mol. The average molecular weight is 224 g/mol. The first-order valence-electron chi connectivity index (χ1n) is 4.06. The zero-order valence-electron chi connectivity index (χ0n) is 7.55. The van der Waals surface area contributed by atoms with Crippen LogP contribution in [0, 0.1) is 11.6 Å². The topological polar surface area (TPSA) is 18.5 Å². The number of alkyl halides is 2. The van der Waals surface area contributed by atoms with Crippen LogP contribution in [0.2, 0.25) is 0 Å². The highest BCUT2D eigenvalue weighted by molar-refractivity contribution is 5.23. The van der Waals surface area contributed by atoms with Crippen LogP contribution in [0.3, 0.4) is 0 Å². The first-order valence-corrected chi connectivity index (χ1v) is 4.06. The number of ether oxygens (including phenoxy) is 2. The predicted molar refractivity (Wildman–Crippen MR) is 43.8 cm³/mol. The van der Waals surface area contributed by atoms with E-state index in [0.29, 0.717) is 6.07 Å². The van der Waals surface area contributed by atoms with Gasteiger partial charge in [0.15, 0.2) is 0 Å². The molecule has 0 fully saturated rings. The number of hydrogen-bond donors (Lipinski definition) is 0. The lowest BCUT2D eigenvalue weighted by atomic mass is 10.3. The van der Waals surface area contributed by atoms with Crippen molar-refractivity contribution < 1.29 is 27.0 Å². The van der Waals surface area contributed by atoms with E-state index in [1.807, 2.05) is 0 Å². The molecule has 0 heterocycles. The molecule has 0 aromatic heterocycles. The van der Waals surface area contributed by atoms with Crippen LogP contribution in [0.1, 0.15) is 0 Å². The maximum atomic E-state index is 12.6. The van der Waals surface area contributed by atoms with Crippen LogP contribution in [0.25, 0.3) is 0 Å². The molecule has 0 spiro atoms. The first-order chi connectivity index (χ1) is 7.08. The van der Waals surface area contributed by atoms with Crippen LogP contribution < -0.4 is 4.74 Å². The minimum atomic E-state index is -2.88. The highest BCUT2D eigenvalue weighted by Crippen LogP contribution is 2.15. The minimum Gasteiger partial charge on any atom is -0.491 e. The molecule has 0 saturated heterocycles. The Morgan fingerprint density at radius 2 is 1.60 bits per heavy atom. The molecule has 0 amide bonds. The fourth-order valence-corrected chi connectivity index (χ4v) is 0.909. The van der Waals surface area contributed by atoms with Gasteiger partial charge in [0, 0.05) is 18.2 Å². The quantitative estimate of drug-likeness (QED) is 0.565. The Kier molecular flexibility index (Phi) is 4.36. The van der Waals surface area contributed by atoms with Crippen molar-refractivity contribution in [2.45, 2.75) is 6.61 Å². The number of benzene rings is 1. The van der Waals surface area contributed by atoms with Gasteiger partial charge in [0.2, 0.25) is 0 Å². The van der Waals surface area contributed by atoms with E-state index in [1.165, 1.54) is 0 Å². The highest BCUT2D eigenvalue weighted by Gasteiger charge is 2.03. The van der Waals surface area contributed by atoms with Crippen molar-refractivity contribution in [3.05, 3.63) is 29.8 Å². The lowest BCUT2D eigenvalue weighted by Crippen LogP contribution is -2.09. The number of halogens is 4. The van der Waals surface area contributed by atoms with Crippen molar-refractivity contribution in [3.8, 4) is 5.75 Å². The van der Waals surface area contributed by atoms with E-state index < -0.39 is 18.2 Å². The molecule has 1 aromatic rings. The Bertz CT molecular complexity index is 297. The summed E-state index contributed by atoms with van der Waals surface area (Å²) in [5.74, 6) is -1.65. The van der Waals surface area contributed by atoms with Gasteiger partial charge in [0.1, 0.15) is 24.0 Å². The van der Waals surface area contributed by atoms with Crippen molar-refractivity contribution in [1.82, 2.24) is 0 Å². The van der Waals surface area contributed by atoms with Gasteiger partial charge < -0.3 is 9.47 Å². The van der Waals surface area contributed by atoms with Gasteiger partial charge >= 0.3 is 6.61 Å². The molecular formula is C9H8F4O2. The van der Waals surface area contributed by atoms with E-state index in [2.05, 4.69) is 4.74 Å². The summed E-state index contributed by atoms with van der Waals surface area (Å²) in [6.07, 6.45) is 0. The molecule has 15 heavy (non-hydrogen) atoms. The van der Waals surface area contributed by atoms with Gasteiger partial charge in [-0.3, -0.25) is 0 Å². The van der Waals surface area contributed by atoms with E-state index in [9.17, 15) is 17.6 Å². The van der Waals surface area contributed by atoms with Crippen LogP contribution in [0.5, 0.6) is 5.75 Å². The van der Waals surface area contributed by atoms with Crippen molar-refractivity contribution in [2.24, 2.45) is 0 Å². The summed E-state index contributed by atoms with van der Waals surface area (Å²) in [6, 6.07) is 2.58. The van der Waals surface area contributed by atoms with Gasteiger partial charge in [0.25, 0.3) is 0 Å². The third kappa shape index (κ3) is 4.64. The molecule has 2 nitrogen and oxygen atoms in total. The zero-order chi connectivity index (χ0) is 11.3. The molecule has 1 aromatic carbocycles. The van der Waals surface area contributed by atoms with Crippen molar-refractivity contribution >= 4 is 0 Å². The Labute approximate surface area is 83.4 Å². The largest absolute Gasteiger partial charge is 0.491 e. The molecule has 0 aliphatic rings. The van der Waals surface area contributed by atoms with Gasteiger partial charge in [-0.05, 0) is 0 Å². The van der Waals surface area contributed by atoms with Gasteiger partial charge in [0.05, 0.1) is 6.61 Å². The predicted octanol–water partition coefficient (Wildman–Crippen LogP) is 2.58. The highest BCUT2D eigenvalue weighted by atomic mass is 19.3. The van der Waals surface area contributed by atoms with Gasteiger partial charge in [-0.25, -0.2) is 8.78 Å². The SMILES string of the molecule is Fc1cc(F)cc(OCCOC(F)F)c1. The Morgan fingerprint density at radius 3 is 2.13 bits per heavy atom. The third-order valence-electron chi connectivity index (χ3n) is 1.43. The van der Waals surface area contributed by atoms with Crippen molar-refractivity contribution in [1.29, 1.82) is 0 Å². The van der Waals surface area contributed by atoms with Gasteiger partial charge in [-0.2, -0.15) is 8.78 Å². The van der Waals surface area contributed by atoms with Crippen LogP contribution in [-0.4, -0.2) is 19.8 Å². The Hall–Kier alpha value is -1.30. The second kappa shape index (κ2) is 5.55. The maximum Gasteiger partial charge on any atom is 0.345 e. The van der Waals surface area contributed by atoms with E-state index in [4.69, 9.17) is 4.74 Å². The van der Waals surface area contributed by atoms with E-state index in [0.717, 1.165) is 12.1 Å². The summed E-state index contributed by atoms with van der Waals surface area (Å²) in [6.45, 7) is -3.43. The molecule has 0 saturated carbocycles. The fraction of sp³-hybridized carbons (Fsp3) is 0.333. The van der Waals surface area contributed by atoms with Crippen LogP contribution in [0.15, 0.2) is 18.2 Å². The fourth-order valence-electron chi connectivity index (χ4n) is 0.909. The Morgan fingerprint density at radius 1 is 1.00 bits per heavy atom. The molecule has 0 unspecified atom stereocenters. The molecule has 0 aliphatic carbocycles. The van der Waals surface area contributed by atoms with Crippen LogP contribution in [-0.2, 0) is 4.74 Å². The molecule has 0 radical (unpaired) electrons. The lowest BCUT2D eigenvalue weighted by molar-refractivity contribution is -0.133. The normalized spacial score (nSPS) is 10.7. The molecule has 84 valence electrons.